The fourth-order valence-electron chi connectivity index (χ4n) is 2.88. The fraction of sp³-hybridized carbons (Fsp3) is 0.353. The van der Waals surface area contributed by atoms with Crippen molar-refractivity contribution in [3.8, 4) is 11.6 Å². The Morgan fingerprint density at radius 2 is 2.25 bits per heavy atom. The number of rotatable bonds is 5. The van der Waals surface area contributed by atoms with Crippen LogP contribution in [0.1, 0.15) is 23.7 Å². The Bertz CT molecular complexity index is 806. The highest BCUT2D eigenvalue weighted by Crippen LogP contribution is 2.30. The molecular formula is C17H19N3O4. The molecule has 0 bridgehead atoms. The summed E-state index contributed by atoms with van der Waals surface area (Å²) >= 11 is 0. The number of benzene rings is 1. The van der Waals surface area contributed by atoms with Gasteiger partial charge in [0, 0.05) is 17.5 Å². The molecule has 1 fully saturated rings. The van der Waals surface area contributed by atoms with Gasteiger partial charge in [-0.2, -0.15) is 0 Å². The van der Waals surface area contributed by atoms with Crippen LogP contribution in [0.25, 0.3) is 10.8 Å². The first kappa shape index (κ1) is 16.0. The molecule has 7 nitrogen and oxygen atoms in total. The van der Waals surface area contributed by atoms with Crippen LogP contribution in [-0.2, 0) is 4.79 Å². The van der Waals surface area contributed by atoms with Gasteiger partial charge in [0.25, 0.3) is 5.91 Å². The number of pyridine rings is 1. The van der Waals surface area contributed by atoms with E-state index in [4.69, 9.17) is 15.2 Å². The first-order valence-corrected chi connectivity index (χ1v) is 7.69. The van der Waals surface area contributed by atoms with E-state index < -0.39 is 5.91 Å². The van der Waals surface area contributed by atoms with E-state index in [9.17, 15) is 9.59 Å². The molecule has 0 radical (unpaired) electrons. The number of carbonyl (C=O) groups excluding carboxylic acids is 2. The number of hydrogen-bond acceptors (Lipinski definition) is 5. The highest BCUT2D eigenvalue weighted by molar-refractivity contribution is 6.01. The zero-order valence-corrected chi connectivity index (χ0v) is 13.5. The van der Waals surface area contributed by atoms with E-state index >= 15 is 0 Å². The van der Waals surface area contributed by atoms with Gasteiger partial charge in [-0.1, -0.05) is 6.92 Å². The minimum atomic E-state index is -0.560. The van der Waals surface area contributed by atoms with Gasteiger partial charge in [-0.15, -0.1) is 0 Å². The van der Waals surface area contributed by atoms with Gasteiger partial charge in [-0.25, -0.2) is 4.98 Å². The summed E-state index contributed by atoms with van der Waals surface area (Å²) in [6.45, 7) is 2.23. The topological polar surface area (TPSA) is 104 Å². The van der Waals surface area contributed by atoms with Gasteiger partial charge in [0.05, 0.1) is 18.7 Å². The van der Waals surface area contributed by atoms with E-state index in [2.05, 4.69) is 10.3 Å². The monoisotopic (exact) mass is 329 g/mol. The molecule has 0 spiro atoms. The molecule has 24 heavy (non-hydrogen) atoms. The SMILES string of the molecule is COc1cc2c(OC[C@@H]3C[C@@H](C)C(=O)N3)nccc2cc1C(N)=O. The third kappa shape index (κ3) is 2.97. The van der Waals surface area contributed by atoms with Crippen LogP contribution in [-0.4, -0.2) is 36.6 Å². The van der Waals surface area contributed by atoms with E-state index in [0.29, 0.717) is 23.8 Å². The number of ether oxygens (including phenoxy) is 2. The number of nitrogens with zero attached hydrogens (tertiary/aromatic N) is 1. The molecule has 0 aliphatic carbocycles. The van der Waals surface area contributed by atoms with Crippen LogP contribution in [0.2, 0.25) is 0 Å². The summed E-state index contributed by atoms with van der Waals surface area (Å²) in [7, 11) is 1.47. The predicted molar refractivity (Wildman–Crippen MR) is 88.0 cm³/mol. The second-order valence-corrected chi connectivity index (χ2v) is 5.91. The molecule has 0 unspecified atom stereocenters. The number of fused-ring (bicyclic) bond motifs is 1. The molecule has 3 N–H and O–H groups in total. The summed E-state index contributed by atoms with van der Waals surface area (Å²) in [5.74, 6) is 0.279. The molecule has 2 amide bonds. The maximum Gasteiger partial charge on any atom is 0.252 e. The van der Waals surface area contributed by atoms with Gasteiger partial charge < -0.3 is 20.5 Å². The molecule has 7 heteroatoms. The fourth-order valence-corrected chi connectivity index (χ4v) is 2.88. The highest BCUT2D eigenvalue weighted by Gasteiger charge is 2.28. The number of aromatic nitrogens is 1. The standard InChI is InChI=1S/C17H19N3O4/c1-9-5-11(20-16(9)22)8-24-17-12-7-14(23-2)13(15(18)21)6-10(12)3-4-19-17/h3-4,6-7,9,11H,5,8H2,1-2H3,(H2,18,21)(H,20,22)/t9-,11+/m1/s1. The second kappa shape index (κ2) is 6.35. The molecule has 126 valence electrons. The minimum absolute atomic E-state index is 0.00250. The minimum Gasteiger partial charge on any atom is -0.496 e. The van der Waals surface area contributed by atoms with Crippen LogP contribution in [0.4, 0.5) is 0 Å². The molecule has 1 aliphatic rings. The lowest BCUT2D eigenvalue weighted by molar-refractivity contribution is -0.122. The van der Waals surface area contributed by atoms with E-state index in [0.717, 1.165) is 17.2 Å². The third-order valence-electron chi connectivity index (χ3n) is 4.17. The number of nitrogens with one attached hydrogen (secondary N) is 1. The van der Waals surface area contributed by atoms with Crippen LogP contribution < -0.4 is 20.5 Å². The predicted octanol–water partition coefficient (Wildman–Crippen LogP) is 1.25. The van der Waals surface area contributed by atoms with Crippen LogP contribution in [0.15, 0.2) is 24.4 Å². The van der Waals surface area contributed by atoms with Crippen LogP contribution in [0.3, 0.4) is 0 Å². The zero-order chi connectivity index (χ0) is 17.3. The Morgan fingerprint density at radius 1 is 1.46 bits per heavy atom. The lowest BCUT2D eigenvalue weighted by Crippen LogP contribution is -2.31. The lowest BCUT2D eigenvalue weighted by atomic mass is 10.1. The molecule has 1 aromatic heterocycles. The van der Waals surface area contributed by atoms with Crippen molar-refractivity contribution in [1.82, 2.24) is 10.3 Å². The molecule has 2 heterocycles. The quantitative estimate of drug-likeness (QED) is 0.859. The van der Waals surface area contributed by atoms with Crippen molar-refractivity contribution in [3.05, 3.63) is 30.0 Å². The summed E-state index contributed by atoms with van der Waals surface area (Å²) in [5.41, 5.74) is 5.69. The van der Waals surface area contributed by atoms with Crippen molar-refractivity contribution >= 4 is 22.6 Å². The van der Waals surface area contributed by atoms with Gasteiger partial charge in [0.1, 0.15) is 12.4 Å². The molecule has 2 atom stereocenters. The summed E-state index contributed by atoms with van der Waals surface area (Å²) < 4.78 is 11.0. The Hall–Kier alpha value is -2.83. The van der Waals surface area contributed by atoms with Gasteiger partial charge in [0.2, 0.25) is 11.8 Å². The molecule has 1 aromatic carbocycles. The third-order valence-corrected chi connectivity index (χ3v) is 4.17. The normalized spacial score (nSPS) is 20.0. The molecule has 1 aliphatic heterocycles. The number of methoxy groups -OCH3 is 1. The Balaban J connectivity index is 1.88. The number of amides is 2. The first-order chi connectivity index (χ1) is 11.5. The average molecular weight is 329 g/mol. The van der Waals surface area contributed by atoms with Crippen molar-refractivity contribution < 1.29 is 19.1 Å². The highest BCUT2D eigenvalue weighted by atomic mass is 16.5. The van der Waals surface area contributed by atoms with Gasteiger partial charge >= 0.3 is 0 Å². The Morgan fingerprint density at radius 3 is 2.88 bits per heavy atom. The van der Waals surface area contributed by atoms with Gasteiger partial charge in [-0.05, 0) is 30.0 Å². The van der Waals surface area contributed by atoms with Crippen LogP contribution in [0, 0.1) is 5.92 Å². The summed E-state index contributed by atoms with van der Waals surface area (Å²) in [6, 6.07) is 5.09. The van der Waals surface area contributed by atoms with E-state index in [1.54, 1.807) is 24.4 Å². The van der Waals surface area contributed by atoms with Crippen molar-refractivity contribution in [2.75, 3.05) is 13.7 Å². The van der Waals surface area contributed by atoms with E-state index in [-0.39, 0.29) is 17.9 Å². The van der Waals surface area contributed by atoms with Crippen molar-refractivity contribution in [2.24, 2.45) is 11.7 Å². The number of primary amides is 1. The summed E-state index contributed by atoms with van der Waals surface area (Å²) in [6.07, 6.45) is 2.34. The molecule has 0 saturated carbocycles. The maximum atomic E-state index is 11.6. The molecular weight excluding hydrogens is 310 g/mol. The van der Waals surface area contributed by atoms with Crippen molar-refractivity contribution in [3.63, 3.8) is 0 Å². The zero-order valence-electron chi connectivity index (χ0n) is 13.5. The number of carbonyl (C=O) groups is 2. The first-order valence-electron chi connectivity index (χ1n) is 7.69. The number of nitrogens with two attached hydrogens (primary N) is 1. The largest absolute Gasteiger partial charge is 0.496 e. The number of hydrogen-bond donors (Lipinski definition) is 2. The average Bonchev–Trinajstić information content (AvgIpc) is 2.89. The Labute approximate surface area is 139 Å². The van der Waals surface area contributed by atoms with Crippen molar-refractivity contribution in [2.45, 2.75) is 19.4 Å². The van der Waals surface area contributed by atoms with Crippen LogP contribution >= 0.6 is 0 Å². The Kier molecular flexibility index (Phi) is 4.24. The van der Waals surface area contributed by atoms with E-state index in [1.165, 1.54) is 7.11 Å². The molecule has 2 aromatic rings. The van der Waals surface area contributed by atoms with E-state index in [1.807, 2.05) is 6.92 Å². The molecule has 1 saturated heterocycles. The summed E-state index contributed by atoms with van der Waals surface area (Å²) in [4.78, 5) is 27.3. The molecule has 3 rings (SSSR count). The van der Waals surface area contributed by atoms with Crippen molar-refractivity contribution in [1.29, 1.82) is 0 Å². The smallest absolute Gasteiger partial charge is 0.252 e. The lowest BCUT2D eigenvalue weighted by Gasteiger charge is -2.14. The van der Waals surface area contributed by atoms with Crippen LogP contribution in [0.5, 0.6) is 11.6 Å². The summed E-state index contributed by atoms with van der Waals surface area (Å²) in [5, 5.41) is 4.39. The van der Waals surface area contributed by atoms with Gasteiger partial charge in [0.15, 0.2) is 0 Å². The van der Waals surface area contributed by atoms with Gasteiger partial charge in [-0.3, -0.25) is 9.59 Å². The maximum absolute atomic E-state index is 11.6. The second-order valence-electron chi connectivity index (χ2n) is 5.91.